The van der Waals surface area contributed by atoms with Crippen molar-refractivity contribution in [2.45, 2.75) is 38.1 Å². The normalized spacial score (nSPS) is 32.7. The lowest BCUT2D eigenvalue weighted by atomic mass is 9.96. The molecule has 2 atom stereocenters. The van der Waals surface area contributed by atoms with Crippen LogP contribution < -0.4 is 0 Å². The summed E-state index contributed by atoms with van der Waals surface area (Å²) in [7, 11) is 0. The van der Waals surface area contributed by atoms with Gasteiger partial charge in [0.1, 0.15) is 0 Å². The lowest BCUT2D eigenvalue weighted by Crippen LogP contribution is -2.22. The molecule has 0 saturated carbocycles. The predicted octanol–water partition coefficient (Wildman–Crippen LogP) is 1.46. The molecule has 0 N–H and O–H groups in total. The van der Waals surface area contributed by atoms with E-state index in [-0.39, 0.29) is 12.4 Å². The van der Waals surface area contributed by atoms with Crippen LogP contribution in [0.5, 0.6) is 0 Å². The average molecular weight is 211 g/mol. The van der Waals surface area contributed by atoms with E-state index < -0.39 is 0 Å². The molecule has 2 aliphatic rings. The standard InChI is InChI=1S/C11H17NO3/c12-4-1-10-8-14-11(15-10)7-9-2-5-13-6-3-9/h9-11H,1-3,5-8H2. The highest BCUT2D eigenvalue weighted by Gasteiger charge is 2.28. The summed E-state index contributed by atoms with van der Waals surface area (Å²) >= 11 is 0. The Kier molecular flexibility index (Phi) is 3.95. The van der Waals surface area contributed by atoms with Crippen LogP contribution in [0.4, 0.5) is 0 Å². The Bertz CT molecular complexity index is 232. The molecule has 0 radical (unpaired) electrons. The van der Waals surface area contributed by atoms with Crippen molar-refractivity contribution in [2.24, 2.45) is 5.92 Å². The second-order valence-electron chi connectivity index (χ2n) is 4.17. The van der Waals surface area contributed by atoms with Crippen molar-refractivity contribution in [3.63, 3.8) is 0 Å². The molecule has 2 fully saturated rings. The van der Waals surface area contributed by atoms with Crippen LogP contribution in [-0.4, -0.2) is 32.2 Å². The van der Waals surface area contributed by atoms with Crippen LogP contribution in [0.25, 0.3) is 0 Å². The van der Waals surface area contributed by atoms with Crippen molar-refractivity contribution in [1.29, 1.82) is 5.26 Å². The zero-order chi connectivity index (χ0) is 10.5. The van der Waals surface area contributed by atoms with Crippen LogP contribution in [0, 0.1) is 17.2 Å². The van der Waals surface area contributed by atoms with Gasteiger partial charge >= 0.3 is 0 Å². The molecular weight excluding hydrogens is 194 g/mol. The van der Waals surface area contributed by atoms with Crippen molar-refractivity contribution in [3.05, 3.63) is 0 Å². The first kappa shape index (κ1) is 10.9. The Morgan fingerprint density at radius 3 is 2.80 bits per heavy atom. The molecule has 4 nitrogen and oxygen atoms in total. The van der Waals surface area contributed by atoms with E-state index in [1.165, 1.54) is 0 Å². The van der Waals surface area contributed by atoms with Gasteiger partial charge in [-0.3, -0.25) is 0 Å². The summed E-state index contributed by atoms with van der Waals surface area (Å²) in [6.07, 6.45) is 3.49. The third kappa shape index (κ3) is 3.16. The summed E-state index contributed by atoms with van der Waals surface area (Å²) in [5.74, 6) is 0.657. The molecule has 2 rings (SSSR count). The summed E-state index contributed by atoms with van der Waals surface area (Å²) in [4.78, 5) is 0. The zero-order valence-corrected chi connectivity index (χ0v) is 8.85. The van der Waals surface area contributed by atoms with E-state index >= 15 is 0 Å². The number of rotatable bonds is 3. The molecule has 0 spiro atoms. The first-order valence-corrected chi connectivity index (χ1v) is 5.60. The Morgan fingerprint density at radius 1 is 1.27 bits per heavy atom. The van der Waals surface area contributed by atoms with Crippen LogP contribution in [0.3, 0.4) is 0 Å². The minimum absolute atomic E-state index is 0.0140. The number of nitriles is 1. The monoisotopic (exact) mass is 211 g/mol. The highest BCUT2D eigenvalue weighted by atomic mass is 16.7. The first-order valence-electron chi connectivity index (χ1n) is 5.60. The van der Waals surface area contributed by atoms with Gasteiger partial charge in [-0.25, -0.2) is 0 Å². The quantitative estimate of drug-likeness (QED) is 0.709. The lowest BCUT2D eigenvalue weighted by Gasteiger charge is -2.23. The zero-order valence-electron chi connectivity index (χ0n) is 8.85. The molecule has 0 aliphatic carbocycles. The molecule has 0 aromatic carbocycles. The maximum atomic E-state index is 8.53. The summed E-state index contributed by atoms with van der Waals surface area (Å²) < 4.78 is 16.4. The molecule has 84 valence electrons. The van der Waals surface area contributed by atoms with Gasteiger partial charge in [0, 0.05) is 19.6 Å². The van der Waals surface area contributed by atoms with E-state index in [4.69, 9.17) is 19.5 Å². The summed E-state index contributed by atoms with van der Waals surface area (Å²) in [5.41, 5.74) is 0. The Hall–Kier alpha value is -0.630. The third-order valence-corrected chi connectivity index (χ3v) is 3.00. The number of nitrogens with zero attached hydrogens (tertiary/aromatic N) is 1. The van der Waals surface area contributed by atoms with Crippen molar-refractivity contribution in [1.82, 2.24) is 0 Å². The van der Waals surface area contributed by atoms with Gasteiger partial charge in [0.25, 0.3) is 0 Å². The van der Waals surface area contributed by atoms with E-state index in [2.05, 4.69) is 6.07 Å². The smallest absolute Gasteiger partial charge is 0.158 e. The molecule has 0 aromatic heterocycles. The fraction of sp³-hybridized carbons (Fsp3) is 0.909. The van der Waals surface area contributed by atoms with Crippen molar-refractivity contribution in [2.75, 3.05) is 19.8 Å². The number of hydrogen-bond acceptors (Lipinski definition) is 4. The molecule has 0 aromatic rings. The molecule has 2 aliphatic heterocycles. The fourth-order valence-electron chi connectivity index (χ4n) is 2.09. The van der Waals surface area contributed by atoms with Gasteiger partial charge in [-0.1, -0.05) is 0 Å². The van der Waals surface area contributed by atoms with Crippen LogP contribution in [-0.2, 0) is 14.2 Å². The average Bonchev–Trinajstić information content (AvgIpc) is 2.68. The van der Waals surface area contributed by atoms with Gasteiger partial charge in [0.2, 0.25) is 0 Å². The van der Waals surface area contributed by atoms with E-state index in [9.17, 15) is 0 Å². The van der Waals surface area contributed by atoms with Gasteiger partial charge < -0.3 is 14.2 Å². The SMILES string of the molecule is N#CCC1COC(CC2CCOCC2)O1. The maximum absolute atomic E-state index is 8.53. The summed E-state index contributed by atoms with van der Waals surface area (Å²) in [6, 6.07) is 2.11. The van der Waals surface area contributed by atoms with Gasteiger partial charge in [0.05, 0.1) is 25.2 Å². The van der Waals surface area contributed by atoms with Crippen LogP contribution in [0.15, 0.2) is 0 Å². The maximum Gasteiger partial charge on any atom is 0.158 e. The highest BCUT2D eigenvalue weighted by Crippen LogP contribution is 2.25. The highest BCUT2D eigenvalue weighted by molar-refractivity contribution is 4.79. The minimum atomic E-state index is -0.0913. The van der Waals surface area contributed by atoms with E-state index in [1.807, 2.05) is 0 Å². The third-order valence-electron chi connectivity index (χ3n) is 3.00. The van der Waals surface area contributed by atoms with Crippen LogP contribution in [0.1, 0.15) is 25.7 Å². The van der Waals surface area contributed by atoms with Crippen molar-refractivity contribution >= 4 is 0 Å². The van der Waals surface area contributed by atoms with Crippen molar-refractivity contribution in [3.8, 4) is 6.07 Å². The molecule has 2 saturated heterocycles. The second-order valence-corrected chi connectivity index (χ2v) is 4.17. The minimum Gasteiger partial charge on any atom is -0.381 e. The second kappa shape index (κ2) is 5.45. The molecule has 2 unspecified atom stereocenters. The summed E-state index contributed by atoms with van der Waals surface area (Å²) in [5, 5.41) is 8.53. The van der Waals surface area contributed by atoms with E-state index in [0.717, 1.165) is 32.5 Å². The summed E-state index contributed by atoms with van der Waals surface area (Å²) in [6.45, 7) is 2.29. The molecular formula is C11H17NO3. The number of hydrogen-bond donors (Lipinski definition) is 0. The Balaban J connectivity index is 1.69. The van der Waals surface area contributed by atoms with Crippen molar-refractivity contribution < 1.29 is 14.2 Å². The predicted molar refractivity (Wildman–Crippen MR) is 53.0 cm³/mol. The first-order chi connectivity index (χ1) is 7.38. The van der Waals surface area contributed by atoms with Gasteiger partial charge in [-0.15, -0.1) is 0 Å². The molecule has 4 heteroatoms. The molecule has 15 heavy (non-hydrogen) atoms. The molecule has 2 heterocycles. The van der Waals surface area contributed by atoms with E-state index in [1.54, 1.807) is 0 Å². The van der Waals surface area contributed by atoms with Gasteiger partial charge in [0.15, 0.2) is 6.29 Å². The molecule has 0 amide bonds. The fourth-order valence-corrected chi connectivity index (χ4v) is 2.09. The van der Waals surface area contributed by atoms with Crippen LogP contribution in [0.2, 0.25) is 0 Å². The lowest BCUT2D eigenvalue weighted by molar-refractivity contribution is -0.0793. The van der Waals surface area contributed by atoms with Gasteiger partial charge in [-0.05, 0) is 18.8 Å². The van der Waals surface area contributed by atoms with Crippen LogP contribution >= 0.6 is 0 Å². The number of ether oxygens (including phenoxy) is 3. The van der Waals surface area contributed by atoms with Gasteiger partial charge in [-0.2, -0.15) is 5.26 Å². The topological polar surface area (TPSA) is 51.5 Å². The molecule has 0 bridgehead atoms. The Morgan fingerprint density at radius 2 is 2.07 bits per heavy atom. The van der Waals surface area contributed by atoms with E-state index in [0.29, 0.717) is 18.9 Å². The Labute approximate surface area is 90.1 Å². The largest absolute Gasteiger partial charge is 0.381 e.